The molecule has 1 aliphatic rings. The topological polar surface area (TPSA) is 83.5 Å². The summed E-state index contributed by atoms with van der Waals surface area (Å²) in [5.74, 6) is 0. The van der Waals surface area contributed by atoms with Crippen LogP contribution in [0.1, 0.15) is 12.5 Å². The molecule has 5 nitrogen and oxygen atoms in total. The van der Waals surface area contributed by atoms with E-state index in [1.165, 1.54) is 25.1 Å². The Morgan fingerprint density at radius 2 is 2.12 bits per heavy atom. The first-order valence-electron chi connectivity index (χ1n) is 4.76. The van der Waals surface area contributed by atoms with Crippen LogP contribution in [0.3, 0.4) is 0 Å². The Labute approximate surface area is 93.0 Å². The number of sulfone groups is 1. The van der Waals surface area contributed by atoms with Crippen LogP contribution in [0, 0.1) is 0 Å². The molecule has 1 atom stereocenters. The van der Waals surface area contributed by atoms with Crippen LogP contribution in [0.2, 0.25) is 0 Å². The van der Waals surface area contributed by atoms with Gasteiger partial charge in [-0.3, -0.25) is 4.79 Å². The molecule has 0 saturated carbocycles. The highest BCUT2D eigenvalue weighted by Crippen LogP contribution is 2.30. The van der Waals surface area contributed by atoms with Gasteiger partial charge in [0.05, 0.1) is 23.2 Å². The molecule has 1 unspecified atom stereocenters. The lowest BCUT2D eigenvalue weighted by molar-refractivity contribution is -0.112. The summed E-state index contributed by atoms with van der Waals surface area (Å²) in [7, 11) is -3.88. The highest BCUT2D eigenvalue weighted by atomic mass is 32.2. The maximum absolute atomic E-state index is 11.8. The molecule has 0 amide bonds. The first kappa shape index (κ1) is 11.1. The van der Waals surface area contributed by atoms with Crippen LogP contribution in [0.5, 0.6) is 0 Å². The number of hydrogen-bond acceptors (Lipinski definition) is 5. The Bertz CT molecular complexity index is 550. The van der Waals surface area contributed by atoms with Crippen LogP contribution in [0.25, 0.3) is 0 Å². The van der Waals surface area contributed by atoms with Crippen molar-refractivity contribution >= 4 is 20.6 Å². The van der Waals surface area contributed by atoms with Crippen LogP contribution in [0.15, 0.2) is 23.1 Å². The zero-order valence-corrected chi connectivity index (χ0v) is 9.41. The fraction of sp³-hybridized carbons (Fsp3) is 0.300. The van der Waals surface area contributed by atoms with Crippen LogP contribution in [-0.4, -0.2) is 24.7 Å². The minimum absolute atomic E-state index is 0.0206. The average Bonchev–Trinajstić information content (AvgIpc) is 2.26. The van der Waals surface area contributed by atoms with Crippen molar-refractivity contribution in [1.29, 1.82) is 0 Å². The molecule has 6 heteroatoms. The van der Waals surface area contributed by atoms with Crippen molar-refractivity contribution in [2.75, 3.05) is 5.32 Å². The van der Waals surface area contributed by atoms with E-state index < -0.39 is 21.0 Å². The summed E-state index contributed by atoms with van der Waals surface area (Å²) in [4.78, 5) is 11.4. The summed E-state index contributed by atoms with van der Waals surface area (Å²) in [5.41, 5.74) is 0.974. The molecule has 86 valence electrons. The predicted octanol–water partition coefficient (Wildman–Crippen LogP) is 0.293. The third-order valence-corrected chi connectivity index (χ3v) is 4.32. The van der Waals surface area contributed by atoms with E-state index in [9.17, 15) is 13.2 Å². The Kier molecular flexibility index (Phi) is 2.47. The molecule has 0 bridgehead atoms. The second kappa shape index (κ2) is 3.57. The first-order chi connectivity index (χ1) is 7.46. The Morgan fingerprint density at radius 3 is 2.75 bits per heavy atom. The zero-order chi connectivity index (χ0) is 11.9. The number of hydrogen-bond donors (Lipinski definition) is 2. The molecule has 0 aliphatic carbocycles. The van der Waals surface area contributed by atoms with Gasteiger partial charge in [0.2, 0.25) is 9.84 Å². The summed E-state index contributed by atoms with van der Waals surface area (Å²) in [6.45, 7) is 1.33. The molecule has 0 fully saturated rings. The van der Waals surface area contributed by atoms with Gasteiger partial charge in [-0.2, -0.15) is 0 Å². The molecule has 1 aliphatic heterocycles. The van der Waals surface area contributed by atoms with E-state index in [2.05, 4.69) is 5.32 Å². The van der Waals surface area contributed by atoms with Crippen LogP contribution >= 0.6 is 0 Å². The first-order valence-corrected chi connectivity index (χ1v) is 6.24. The molecule has 1 aromatic carbocycles. The Morgan fingerprint density at radius 1 is 1.44 bits per heavy atom. The van der Waals surface area contributed by atoms with Gasteiger partial charge in [-0.25, -0.2) is 8.42 Å². The van der Waals surface area contributed by atoms with E-state index in [1.807, 2.05) is 0 Å². The van der Waals surface area contributed by atoms with Crippen LogP contribution < -0.4 is 5.32 Å². The number of rotatable bonds is 1. The van der Waals surface area contributed by atoms with Gasteiger partial charge < -0.3 is 10.4 Å². The number of anilines is 1. The number of aliphatic hydroxyl groups excluding tert-OH is 1. The fourth-order valence-electron chi connectivity index (χ4n) is 1.66. The number of fused-ring (bicyclic) bond motifs is 1. The molecule has 1 heterocycles. The molecule has 0 saturated heterocycles. The summed E-state index contributed by atoms with van der Waals surface area (Å²) < 4.78 is 23.5. The largest absolute Gasteiger partial charge is 0.392 e. The Balaban J connectivity index is 2.65. The van der Waals surface area contributed by atoms with E-state index in [0.29, 0.717) is 11.3 Å². The number of benzene rings is 1. The monoisotopic (exact) mass is 241 g/mol. The molecule has 1 aromatic rings. The van der Waals surface area contributed by atoms with E-state index in [0.717, 1.165) is 0 Å². The molecule has 2 N–H and O–H groups in total. The van der Waals surface area contributed by atoms with Crippen molar-refractivity contribution < 1.29 is 18.3 Å². The van der Waals surface area contributed by atoms with Gasteiger partial charge >= 0.3 is 0 Å². The molecule has 16 heavy (non-hydrogen) atoms. The van der Waals surface area contributed by atoms with Crippen molar-refractivity contribution in [2.24, 2.45) is 0 Å². The normalized spacial score (nSPS) is 22.4. The average molecular weight is 241 g/mol. The van der Waals surface area contributed by atoms with Gasteiger partial charge in [0, 0.05) is 0 Å². The maximum Gasteiger partial charge on any atom is 0.272 e. The van der Waals surface area contributed by atoms with E-state index in [1.54, 1.807) is 0 Å². The molecule has 0 aromatic heterocycles. The molecule has 0 radical (unpaired) electrons. The molecular weight excluding hydrogens is 230 g/mol. The summed E-state index contributed by atoms with van der Waals surface area (Å²) in [6, 6.07) is 3.61. The number of nitrogens with one attached hydrogen (secondary N) is 1. The number of carbonyl (C=O) groups excluding carboxylic acids is 1. The second-order valence-electron chi connectivity index (χ2n) is 3.68. The number of aliphatic hydroxyl groups is 1. The molecular formula is C10H11NO4S. The van der Waals surface area contributed by atoms with Crippen molar-refractivity contribution in [1.82, 2.24) is 0 Å². The molecule has 2 rings (SSSR count). The quantitative estimate of drug-likeness (QED) is 0.738. The van der Waals surface area contributed by atoms with Gasteiger partial charge in [0.25, 0.3) is 5.12 Å². The van der Waals surface area contributed by atoms with Crippen molar-refractivity contribution in [3.63, 3.8) is 0 Å². The van der Waals surface area contributed by atoms with E-state index >= 15 is 0 Å². The third-order valence-electron chi connectivity index (χ3n) is 2.51. The fourth-order valence-corrected chi connectivity index (χ4v) is 3.05. The lowest BCUT2D eigenvalue weighted by Crippen LogP contribution is -2.37. The van der Waals surface area contributed by atoms with Gasteiger partial charge in [-0.05, 0) is 24.6 Å². The van der Waals surface area contributed by atoms with E-state index in [4.69, 9.17) is 5.11 Å². The number of carbonyl (C=O) groups is 1. The smallest absolute Gasteiger partial charge is 0.272 e. The Hall–Kier alpha value is -1.40. The highest BCUT2D eigenvalue weighted by molar-refractivity contribution is 8.06. The second-order valence-corrected chi connectivity index (χ2v) is 5.53. The highest BCUT2D eigenvalue weighted by Gasteiger charge is 2.36. The van der Waals surface area contributed by atoms with E-state index in [-0.39, 0.29) is 11.5 Å². The third kappa shape index (κ3) is 1.50. The summed E-state index contributed by atoms with van der Waals surface area (Å²) in [6.07, 6.45) is 0. The predicted molar refractivity (Wildman–Crippen MR) is 57.6 cm³/mol. The zero-order valence-electron chi connectivity index (χ0n) is 8.60. The van der Waals surface area contributed by atoms with Gasteiger partial charge in [0.1, 0.15) is 0 Å². The standard InChI is InChI=1S/C10H11NO4S/c1-6-10(13)16(14,15)9-3-2-7(5-12)4-8(9)11-6/h2-4,6,11-12H,5H2,1H3. The van der Waals surface area contributed by atoms with Crippen molar-refractivity contribution in [3.8, 4) is 0 Å². The van der Waals surface area contributed by atoms with Gasteiger partial charge in [-0.15, -0.1) is 0 Å². The SMILES string of the molecule is CC1Nc2cc(CO)ccc2S(=O)(=O)C1=O. The maximum atomic E-state index is 11.8. The minimum Gasteiger partial charge on any atom is -0.392 e. The summed E-state index contributed by atoms with van der Waals surface area (Å²) >= 11 is 0. The lowest BCUT2D eigenvalue weighted by Gasteiger charge is -2.23. The van der Waals surface area contributed by atoms with Gasteiger partial charge in [0.15, 0.2) is 0 Å². The lowest BCUT2D eigenvalue weighted by atomic mass is 10.2. The minimum atomic E-state index is -3.88. The van der Waals surface area contributed by atoms with Gasteiger partial charge in [-0.1, -0.05) is 6.07 Å². The van der Waals surface area contributed by atoms with Crippen molar-refractivity contribution in [2.45, 2.75) is 24.5 Å². The summed E-state index contributed by atoms with van der Waals surface area (Å²) in [5, 5.41) is 10.9. The van der Waals surface area contributed by atoms with Crippen molar-refractivity contribution in [3.05, 3.63) is 23.8 Å². The van der Waals surface area contributed by atoms with Crippen LogP contribution in [-0.2, 0) is 21.2 Å². The molecule has 0 spiro atoms. The van der Waals surface area contributed by atoms with Crippen LogP contribution in [0.4, 0.5) is 5.69 Å².